The van der Waals surface area contributed by atoms with Crippen molar-refractivity contribution < 1.29 is 19.1 Å². The van der Waals surface area contributed by atoms with Gasteiger partial charge in [-0.2, -0.15) is 0 Å². The zero-order chi connectivity index (χ0) is 26.6. The zero-order valence-electron chi connectivity index (χ0n) is 21.5. The summed E-state index contributed by atoms with van der Waals surface area (Å²) < 4.78 is 11.1. The first-order valence-corrected chi connectivity index (χ1v) is 13.2. The van der Waals surface area contributed by atoms with Crippen LogP contribution < -0.4 is 4.74 Å². The Morgan fingerprint density at radius 2 is 1.68 bits per heavy atom. The summed E-state index contributed by atoms with van der Waals surface area (Å²) in [5.41, 5.74) is 4.86. The number of ketones is 1. The molecule has 0 aromatic heterocycles. The van der Waals surface area contributed by atoms with Crippen molar-refractivity contribution in [2.45, 2.75) is 38.0 Å². The Kier molecular flexibility index (Phi) is 7.75. The number of benzene rings is 3. The third-order valence-electron chi connectivity index (χ3n) is 7.45. The fourth-order valence-corrected chi connectivity index (χ4v) is 5.80. The van der Waals surface area contributed by atoms with Crippen LogP contribution in [0.15, 0.2) is 95.1 Å². The summed E-state index contributed by atoms with van der Waals surface area (Å²) in [5, 5.41) is 0.520. The van der Waals surface area contributed by atoms with Crippen molar-refractivity contribution in [2.24, 2.45) is 10.9 Å². The molecule has 0 spiro atoms. The molecule has 0 radical (unpaired) electrons. The van der Waals surface area contributed by atoms with Crippen LogP contribution in [0.1, 0.15) is 48.3 Å². The Balaban J connectivity index is 1.46. The number of carbonyl (C=O) groups is 2. The van der Waals surface area contributed by atoms with Crippen molar-refractivity contribution in [1.82, 2.24) is 0 Å². The molecule has 1 aliphatic carbocycles. The summed E-state index contributed by atoms with van der Waals surface area (Å²) in [6, 6.07) is 25.1. The molecule has 3 aromatic rings. The summed E-state index contributed by atoms with van der Waals surface area (Å²) >= 11 is 6.65. The van der Waals surface area contributed by atoms with Crippen molar-refractivity contribution >= 4 is 29.1 Å². The van der Waals surface area contributed by atoms with Gasteiger partial charge in [0.1, 0.15) is 11.7 Å². The molecule has 5 nitrogen and oxygen atoms in total. The minimum absolute atomic E-state index is 0.00433. The van der Waals surface area contributed by atoms with E-state index in [1.807, 2.05) is 79.7 Å². The smallest absolute Gasteiger partial charge is 0.315 e. The van der Waals surface area contributed by atoms with E-state index in [0.29, 0.717) is 35.6 Å². The highest BCUT2D eigenvalue weighted by Crippen LogP contribution is 2.48. The van der Waals surface area contributed by atoms with Gasteiger partial charge >= 0.3 is 5.97 Å². The van der Waals surface area contributed by atoms with E-state index < -0.39 is 11.8 Å². The van der Waals surface area contributed by atoms with Crippen molar-refractivity contribution in [3.05, 3.63) is 112 Å². The first kappa shape index (κ1) is 25.9. The van der Waals surface area contributed by atoms with Crippen molar-refractivity contribution in [1.29, 1.82) is 0 Å². The fourth-order valence-electron chi connectivity index (χ4n) is 5.54. The summed E-state index contributed by atoms with van der Waals surface area (Å²) in [6.07, 6.45) is 1.57. The number of methoxy groups -OCH3 is 1. The van der Waals surface area contributed by atoms with Crippen LogP contribution in [0.2, 0.25) is 5.02 Å². The van der Waals surface area contributed by atoms with Crippen LogP contribution in [0.25, 0.3) is 0 Å². The molecule has 0 fully saturated rings. The van der Waals surface area contributed by atoms with Crippen LogP contribution in [0.4, 0.5) is 0 Å². The van der Waals surface area contributed by atoms with Gasteiger partial charge < -0.3 is 9.47 Å². The highest BCUT2D eigenvalue weighted by atomic mass is 35.5. The van der Waals surface area contributed by atoms with E-state index in [1.54, 1.807) is 13.2 Å². The number of Topliss-reactive ketones (excluding diaryl/α,β-unsaturated/α-hetero) is 1. The second kappa shape index (κ2) is 11.4. The van der Waals surface area contributed by atoms with Crippen molar-refractivity contribution in [3.63, 3.8) is 0 Å². The van der Waals surface area contributed by atoms with Gasteiger partial charge in [-0.25, -0.2) is 0 Å². The Hall–Kier alpha value is -3.70. The van der Waals surface area contributed by atoms with E-state index in [2.05, 4.69) is 0 Å². The summed E-state index contributed by atoms with van der Waals surface area (Å²) in [5.74, 6) is -0.866. The molecule has 0 amide bonds. The summed E-state index contributed by atoms with van der Waals surface area (Å²) in [7, 11) is 1.63. The molecule has 0 bridgehead atoms. The van der Waals surface area contributed by atoms with Gasteiger partial charge in [0.2, 0.25) is 0 Å². The Morgan fingerprint density at radius 3 is 2.39 bits per heavy atom. The van der Waals surface area contributed by atoms with Gasteiger partial charge in [0.25, 0.3) is 0 Å². The molecular formula is C32H30ClNO4. The molecule has 6 heteroatoms. The number of allylic oxidation sites excluding steroid dienone is 2. The lowest BCUT2D eigenvalue weighted by Crippen LogP contribution is -2.38. The molecule has 194 valence electrons. The Bertz CT molecular complexity index is 1390. The molecule has 1 aliphatic heterocycles. The number of ether oxygens (including phenoxy) is 2. The Morgan fingerprint density at radius 1 is 0.974 bits per heavy atom. The predicted octanol–water partition coefficient (Wildman–Crippen LogP) is 6.71. The van der Waals surface area contributed by atoms with Gasteiger partial charge in [0.05, 0.1) is 13.7 Å². The number of carbonyl (C=O) groups excluding carboxylic acids is 2. The highest BCUT2D eigenvalue weighted by Gasteiger charge is 2.45. The van der Waals surface area contributed by atoms with E-state index in [1.165, 1.54) is 0 Å². The summed E-state index contributed by atoms with van der Waals surface area (Å²) in [6.45, 7) is 2.10. The predicted molar refractivity (Wildman–Crippen MR) is 149 cm³/mol. The molecule has 3 aromatic carbocycles. The van der Waals surface area contributed by atoms with E-state index in [0.717, 1.165) is 28.1 Å². The number of esters is 1. The average molecular weight is 528 g/mol. The first-order valence-electron chi connectivity index (χ1n) is 12.9. The maximum atomic E-state index is 13.8. The number of nitrogens with zero attached hydrogens (tertiary/aromatic N) is 1. The minimum atomic E-state index is -0.717. The second-order valence-corrected chi connectivity index (χ2v) is 10.2. The standard InChI is InChI=1S/C32H30ClNO4/c1-20-29(32(36)38-17-16-21-8-4-3-5-9-21)30(25-10-6-7-11-26(25)33)31-27(34-20)18-23(19-28(31)35)22-12-14-24(37-2)15-13-22/h3-15,23,29-30H,16-19H2,1-2H3/t23-,29?,30+/m0/s1. The van der Waals surface area contributed by atoms with E-state index >= 15 is 0 Å². The van der Waals surface area contributed by atoms with Crippen molar-refractivity contribution in [2.75, 3.05) is 13.7 Å². The van der Waals surface area contributed by atoms with E-state index in [4.69, 9.17) is 26.1 Å². The number of halogens is 1. The molecule has 1 heterocycles. The quantitative estimate of drug-likeness (QED) is 0.320. The fraction of sp³-hybridized carbons (Fsp3) is 0.281. The first-order chi connectivity index (χ1) is 18.5. The highest BCUT2D eigenvalue weighted by molar-refractivity contribution is 6.31. The van der Waals surface area contributed by atoms with E-state index in [-0.39, 0.29) is 24.3 Å². The molecule has 3 atom stereocenters. The third-order valence-corrected chi connectivity index (χ3v) is 7.79. The molecule has 0 saturated heterocycles. The molecule has 0 saturated carbocycles. The average Bonchev–Trinajstić information content (AvgIpc) is 2.93. The van der Waals surface area contributed by atoms with Crippen LogP contribution in [-0.4, -0.2) is 31.2 Å². The summed E-state index contributed by atoms with van der Waals surface area (Å²) in [4.78, 5) is 32.1. The molecule has 0 N–H and O–H groups in total. The molecule has 1 unspecified atom stereocenters. The molecule has 5 rings (SSSR count). The molecule has 2 aliphatic rings. The second-order valence-electron chi connectivity index (χ2n) is 9.80. The molecule has 38 heavy (non-hydrogen) atoms. The van der Waals surface area contributed by atoms with Gasteiger partial charge in [-0.05, 0) is 54.2 Å². The van der Waals surface area contributed by atoms with Crippen LogP contribution in [-0.2, 0) is 20.7 Å². The number of hydrogen-bond donors (Lipinski definition) is 0. The lowest BCUT2D eigenvalue weighted by atomic mass is 9.69. The van der Waals surface area contributed by atoms with Gasteiger partial charge in [-0.15, -0.1) is 0 Å². The van der Waals surface area contributed by atoms with Crippen molar-refractivity contribution in [3.8, 4) is 5.75 Å². The maximum absolute atomic E-state index is 13.8. The lowest BCUT2D eigenvalue weighted by Gasteiger charge is -2.36. The van der Waals surface area contributed by atoms with Crippen LogP contribution in [0.5, 0.6) is 5.75 Å². The monoisotopic (exact) mass is 527 g/mol. The number of aliphatic imine (C=N–C) groups is 1. The largest absolute Gasteiger partial charge is 0.497 e. The maximum Gasteiger partial charge on any atom is 0.315 e. The van der Waals surface area contributed by atoms with Gasteiger partial charge in [0, 0.05) is 40.8 Å². The minimum Gasteiger partial charge on any atom is -0.497 e. The van der Waals surface area contributed by atoms with Crippen LogP contribution in [0.3, 0.4) is 0 Å². The van der Waals surface area contributed by atoms with Crippen LogP contribution >= 0.6 is 11.6 Å². The number of hydrogen-bond acceptors (Lipinski definition) is 5. The molecular weight excluding hydrogens is 498 g/mol. The van der Waals surface area contributed by atoms with E-state index in [9.17, 15) is 9.59 Å². The third kappa shape index (κ3) is 5.30. The lowest BCUT2D eigenvalue weighted by molar-refractivity contribution is -0.146. The zero-order valence-corrected chi connectivity index (χ0v) is 22.3. The number of rotatable bonds is 7. The SMILES string of the molecule is COc1ccc([C@@H]2CC(=O)C3=C(C2)N=C(C)C(C(=O)OCCc2ccccc2)[C@H]3c2ccccc2Cl)cc1. The van der Waals surface area contributed by atoms with Gasteiger partial charge in [-0.1, -0.05) is 72.3 Å². The Labute approximate surface area is 228 Å². The van der Waals surface area contributed by atoms with Gasteiger partial charge in [0.15, 0.2) is 5.78 Å². The van der Waals surface area contributed by atoms with Crippen LogP contribution in [0, 0.1) is 5.92 Å². The van der Waals surface area contributed by atoms with Gasteiger partial charge in [-0.3, -0.25) is 14.6 Å². The normalized spacial score (nSPS) is 21.0. The topological polar surface area (TPSA) is 65.0 Å².